The Labute approximate surface area is 153 Å². The summed E-state index contributed by atoms with van der Waals surface area (Å²) in [6, 6.07) is 15.6. The van der Waals surface area contributed by atoms with E-state index in [0.29, 0.717) is 12.3 Å². The first-order valence-corrected chi connectivity index (χ1v) is 9.29. The minimum absolute atomic E-state index is 0.00504. The average molecular weight is 356 g/mol. The molecule has 0 aliphatic rings. The molecule has 2 aromatic rings. The summed E-state index contributed by atoms with van der Waals surface area (Å²) in [7, 11) is 0. The molecule has 0 aliphatic heterocycles. The number of rotatable bonds is 7. The summed E-state index contributed by atoms with van der Waals surface area (Å²) in [6.45, 7) is 6.23. The molecule has 0 aliphatic carbocycles. The van der Waals surface area contributed by atoms with Crippen molar-refractivity contribution in [3.05, 3.63) is 59.7 Å². The maximum absolute atomic E-state index is 12.0. The van der Waals surface area contributed by atoms with Crippen LogP contribution in [0.4, 0.5) is 5.69 Å². The van der Waals surface area contributed by atoms with Crippen molar-refractivity contribution >= 4 is 29.3 Å². The molecule has 0 fully saturated rings. The summed E-state index contributed by atoms with van der Waals surface area (Å²) in [5.41, 5.74) is 2.94. The van der Waals surface area contributed by atoms with Crippen LogP contribution in [0.25, 0.3) is 0 Å². The lowest BCUT2D eigenvalue weighted by molar-refractivity contribution is -0.119. The highest BCUT2D eigenvalue weighted by Crippen LogP contribution is 2.21. The molecule has 0 aromatic heterocycles. The monoisotopic (exact) mass is 356 g/mol. The Bertz CT molecular complexity index is 727. The van der Waals surface area contributed by atoms with Crippen LogP contribution in [0.3, 0.4) is 0 Å². The summed E-state index contributed by atoms with van der Waals surface area (Å²) in [5.74, 6) is 0.345. The Balaban J connectivity index is 1.78. The lowest BCUT2D eigenvalue weighted by Crippen LogP contribution is -2.24. The Morgan fingerprint density at radius 1 is 1.04 bits per heavy atom. The fraction of sp³-hybridized carbons (Fsp3) is 0.300. The van der Waals surface area contributed by atoms with E-state index in [0.717, 1.165) is 16.1 Å². The van der Waals surface area contributed by atoms with Gasteiger partial charge in [0.15, 0.2) is 0 Å². The molecular weight excluding hydrogens is 332 g/mol. The summed E-state index contributed by atoms with van der Waals surface area (Å²) >= 11 is 1.54. The summed E-state index contributed by atoms with van der Waals surface area (Å²) in [5, 5.41) is 5.77. The largest absolute Gasteiger partial charge is 0.351 e. The smallest absolute Gasteiger partial charge is 0.230 e. The van der Waals surface area contributed by atoms with Crippen molar-refractivity contribution in [2.24, 2.45) is 5.92 Å². The predicted octanol–water partition coefficient (Wildman–Crippen LogP) is 4.00. The lowest BCUT2D eigenvalue weighted by atomic mass is 10.1. The number of carbonyl (C=O) groups is 2. The molecule has 5 heteroatoms. The van der Waals surface area contributed by atoms with Crippen molar-refractivity contribution in [3.8, 4) is 0 Å². The number of thioether (sulfide) groups is 1. The third-order valence-corrected chi connectivity index (χ3v) is 4.86. The number of carbonyl (C=O) groups excluding carboxylic acids is 2. The van der Waals surface area contributed by atoms with Gasteiger partial charge >= 0.3 is 0 Å². The molecule has 0 atom stereocenters. The third kappa shape index (κ3) is 6.27. The van der Waals surface area contributed by atoms with Gasteiger partial charge in [-0.3, -0.25) is 9.59 Å². The molecule has 0 spiro atoms. The van der Waals surface area contributed by atoms with Gasteiger partial charge in [0.25, 0.3) is 0 Å². The zero-order valence-electron chi connectivity index (χ0n) is 14.8. The Hall–Kier alpha value is -2.27. The van der Waals surface area contributed by atoms with E-state index in [-0.39, 0.29) is 17.7 Å². The third-order valence-electron chi connectivity index (χ3n) is 3.69. The molecule has 0 heterocycles. The number of nitrogens with one attached hydrogen (secondary N) is 2. The molecule has 2 amide bonds. The quantitative estimate of drug-likeness (QED) is 0.737. The van der Waals surface area contributed by atoms with Crippen molar-refractivity contribution in [2.75, 3.05) is 11.1 Å². The fourth-order valence-electron chi connectivity index (χ4n) is 2.11. The first-order valence-electron chi connectivity index (χ1n) is 8.30. The van der Waals surface area contributed by atoms with Gasteiger partial charge in [-0.15, -0.1) is 11.8 Å². The van der Waals surface area contributed by atoms with Crippen molar-refractivity contribution < 1.29 is 9.59 Å². The van der Waals surface area contributed by atoms with Gasteiger partial charge < -0.3 is 10.6 Å². The first kappa shape index (κ1) is 19.1. The number of amides is 2. The van der Waals surface area contributed by atoms with Crippen molar-refractivity contribution in [2.45, 2.75) is 32.2 Å². The van der Waals surface area contributed by atoms with E-state index in [1.54, 1.807) is 11.8 Å². The molecule has 132 valence electrons. The van der Waals surface area contributed by atoms with Crippen LogP contribution in [-0.2, 0) is 16.1 Å². The zero-order valence-corrected chi connectivity index (χ0v) is 15.7. The van der Waals surface area contributed by atoms with E-state index in [2.05, 4.69) is 10.6 Å². The predicted molar refractivity (Wildman–Crippen MR) is 104 cm³/mol. The Morgan fingerprint density at radius 3 is 2.36 bits per heavy atom. The van der Waals surface area contributed by atoms with Crippen LogP contribution in [0.1, 0.15) is 25.0 Å². The van der Waals surface area contributed by atoms with Crippen LogP contribution in [0, 0.1) is 12.8 Å². The molecule has 4 nitrogen and oxygen atoms in total. The molecule has 0 unspecified atom stereocenters. The van der Waals surface area contributed by atoms with Crippen LogP contribution in [0.2, 0.25) is 0 Å². The second-order valence-electron chi connectivity index (χ2n) is 6.17. The highest BCUT2D eigenvalue weighted by Gasteiger charge is 2.07. The van der Waals surface area contributed by atoms with Crippen molar-refractivity contribution in [1.29, 1.82) is 0 Å². The van der Waals surface area contributed by atoms with Gasteiger partial charge in [-0.05, 0) is 36.2 Å². The minimum Gasteiger partial charge on any atom is -0.351 e. The van der Waals surface area contributed by atoms with E-state index >= 15 is 0 Å². The van der Waals surface area contributed by atoms with Crippen molar-refractivity contribution in [3.63, 3.8) is 0 Å². The van der Waals surface area contributed by atoms with Gasteiger partial charge in [0.2, 0.25) is 11.8 Å². The fourth-order valence-corrected chi connectivity index (χ4v) is 2.97. The first-order chi connectivity index (χ1) is 12.0. The maximum Gasteiger partial charge on any atom is 0.230 e. The zero-order chi connectivity index (χ0) is 18.2. The highest BCUT2D eigenvalue weighted by molar-refractivity contribution is 8.00. The van der Waals surface area contributed by atoms with Gasteiger partial charge in [-0.2, -0.15) is 0 Å². The van der Waals surface area contributed by atoms with Crippen LogP contribution in [0.5, 0.6) is 0 Å². The molecule has 2 N–H and O–H groups in total. The van der Waals surface area contributed by atoms with Gasteiger partial charge in [-0.25, -0.2) is 0 Å². The highest BCUT2D eigenvalue weighted by atomic mass is 32.2. The molecule has 25 heavy (non-hydrogen) atoms. The molecule has 2 aromatic carbocycles. The van der Waals surface area contributed by atoms with E-state index in [1.165, 1.54) is 5.56 Å². The van der Waals surface area contributed by atoms with Gasteiger partial charge in [-0.1, -0.05) is 44.2 Å². The number of hydrogen-bond donors (Lipinski definition) is 2. The number of anilines is 1. The van der Waals surface area contributed by atoms with Crippen molar-refractivity contribution in [1.82, 2.24) is 5.32 Å². The molecular formula is C20H24N2O2S. The summed E-state index contributed by atoms with van der Waals surface area (Å²) in [4.78, 5) is 24.8. The standard InChI is InChI=1S/C20H24N2O2S/c1-14(2)20(24)22-17-10-8-16(9-11-17)12-21-19(23)13-25-18-7-5-4-6-15(18)3/h4-11,14H,12-13H2,1-3H3,(H,21,23)(H,22,24). The van der Waals surface area contributed by atoms with Crippen LogP contribution < -0.4 is 10.6 Å². The Morgan fingerprint density at radius 2 is 1.72 bits per heavy atom. The second kappa shape index (κ2) is 9.28. The number of benzene rings is 2. The topological polar surface area (TPSA) is 58.2 Å². The van der Waals surface area contributed by atoms with Crippen LogP contribution in [-0.4, -0.2) is 17.6 Å². The van der Waals surface area contributed by atoms with Gasteiger partial charge in [0, 0.05) is 23.0 Å². The number of aryl methyl sites for hydroxylation is 1. The number of hydrogen-bond acceptors (Lipinski definition) is 3. The molecule has 0 saturated heterocycles. The van der Waals surface area contributed by atoms with E-state index < -0.39 is 0 Å². The lowest BCUT2D eigenvalue weighted by Gasteiger charge is -2.09. The average Bonchev–Trinajstić information content (AvgIpc) is 2.60. The molecule has 0 radical (unpaired) electrons. The SMILES string of the molecule is Cc1ccccc1SCC(=O)NCc1ccc(NC(=O)C(C)C)cc1. The summed E-state index contributed by atoms with van der Waals surface area (Å²) < 4.78 is 0. The maximum atomic E-state index is 12.0. The summed E-state index contributed by atoms with van der Waals surface area (Å²) in [6.07, 6.45) is 0. The van der Waals surface area contributed by atoms with Crippen LogP contribution in [0.15, 0.2) is 53.4 Å². The second-order valence-corrected chi connectivity index (χ2v) is 7.19. The molecule has 0 saturated carbocycles. The van der Waals surface area contributed by atoms with E-state index in [1.807, 2.05) is 69.3 Å². The van der Waals surface area contributed by atoms with E-state index in [9.17, 15) is 9.59 Å². The van der Waals surface area contributed by atoms with Gasteiger partial charge in [0.1, 0.15) is 0 Å². The van der Waals surface area contributed by atoms with Gasteiger partial charge in [0.05, 0.1) is 5.75 Å². The molecule has 0 bridgehead atoms. The van der Waals surface area contributed by atoms with E-state index in [4.69, 9.17) is 0 Å². The normalized spacial score (nSPS) is 10.6. The molecule has 2 rings (SSSR count). The minimum atomic E-state index is -0.0512. The Kier molecular flexibility index (Phi) is 7.07. The van der Waals surface area contributed by atoms with Crippen LogP contribution >= 0.6 is 11.8 Å².